The molecule has 0 aromatic heterocycles. The molecule has 4 bridgehead atoms. The van der Waals surface area contributed by atoms with E-state index in [0.29, 0.717) is 5.41 Å². The van der Waals surface area contributed by atoms with Crippen LogP contribution in [0.1, 0.15) is 130 Å². The zero-order chi connectivity index (χ0) is 30.4. The third kappa shape index (κ3) is 8.41. The van der Waals surface area contributed by atoms with Crippen molar-refractivity contribution in [2.24, 2.45) is 23.2 Å². The summed E-state index contributed by atoms with van der Waals surface area (Å²) in [6.45, 7) is 13.6. The van der Waals surface area contributed by atoms with Crippen LogP contribution in [-0.2, 0) is 35.1 Å². The molecule has 0 amide bonds. The number of hydrogen-bond acceptors (Lipinski definition) is 0. The van der Waals surface area contributed by atoms with Gasteiger partial charge in [0.1, 0.15) is 0 Å². The number of rotatable bonds is 1. The molecule has 0 saturated heterocycles. The van der Waals surface area contributed by atoms with Gasteiger partial charge in [0.2, 0.25) is 0 Å². The first-order valence-corrected chi connectivity index (χ1v) is 18.6. The normalized spacial score (nSPS) is 26.8. The molecule has 0 spiro atoms. The van der Waals surface area contributed by atoms with E-state index in [0.717, 1.165) is 24.2 Å². The van der Waals surface area contributed by atoms with Crippen LogP contribution in [0, 0.1) is 29.2 Å². The Hall–Kier alpha value is -0.877. The molecule has 0 aliphatic heterocycles. The third-order valence-corrected chi connectivity index (χ3v) is 12.4. The van der Waals surface area contributed by atoms with Crippen molar-refractivity contribution in [3.05, 3.63) is 77.4 Å². The SMILES string of the molecule is CC(C)(C)c1ccc2c(c1)[cH-]c1cc(C(C)(C)C)ccc12.[C-]1=C(C23CC4CC(CC(C4)C2)C3)C=CC1.[Cl-].[Cl-].[Zr+2]=[C]1CCCCC1. The van der Waals surface area contributed by atoms with Gasteiger partial charge in [0.15, 0.2) is 0 Å². The van der Waals surface area contributed by atoms with E-state index in [9.17, 15) is 0 Å². The fraction of sp³-hybridized carbons (Fsp3) is 0.571. The Morgan fingerprint density at radius 3 is 1.53 bits per heavy atom. The maximum atomic E-state index is 3.62. The maximum absolute atomic E-state index is 3.62. The predicted octanol–water partition coefficient (Wildman–Crippen LogP) is 5.88. The monoisotopic (exact) mass is 718 g/mol. The summed E-state index contributed by atoms with van der Waals surface area (Å²) in [7, 11) is 0. The molecule has 6 aliphatic carbocycles. The molecule has 0 radical (unpaired) electrons. The fourth-order valence-corrected chi connectivity index (χ4v) is 10.0. The molecule has 5 fully saturated rings. The topological polar surface area (TPSA) is 0 Å². The molecule has 0 atom stereocenters. The van der Waals surface area contributed by atoms with Crippen molar-refractivity contribution in [2.45, 2.75) is 129 Å². The van der Waals surface area contributed by atoms with E-state index >= 15 is 0 Å². The molecule has 3 aromatic rings. The van der Waals surface area contributed by atoms with Gasteiger partial charge in [-0.15, -0.1) is 46.2 Å². The van der Waals surface area contributed by atoms with E-state index in [2.05, 4.69) is 102 Å². The van der Waals surface area contributed by atoms with Gasteiger partial charge in [0, 0.05) is 0 Å². The summed E-state index contributed by atoms with van der Waals surface area (Å²) in [4.78, 5) is 0. The van der Waals surface area contributed by atoms with Crippen LogP contribution in [-0.4, -0.2) is 3.21 Å². The quantitative estimate of drug-likeness (QED) is 0.276. The standard InChI is InChI=1S/C21H25.C15H19.C6H10.2ClH.Zr/c1-20(2,3)16-7-9-18-14(12-16)11-15-13-17(21(4,5)6)8-10-19(15)18;1-2-4-14(3-1)15-8-11-5-12(9-15)7-13(6-11)10-15;1-2-4-6-5-3-1;;;/h7-13H,1-6H3;1,3,11-13H,2,5-10H2;1-5H2;2*1H;/q2*-1;;;;+2/p-2. The van der Waals surface area contributed by atoms with Gasteiger partial charge in [0.25, 0.3) is 0 Å². The van der Waals surface area contributed by atoms with Gasteiger partial charge in [-0.3, -0.25) is 6.08 Å². The van der Waals surface area contributed by atoms with Crippen molar-refractivity contribution in [3.63, 3.8) is 0 Å². The molecule has 0 unspecified atom stereocenters. The van der Waals surface area contributed by atoms with Crippen LogP contribution in [0.5, 0.6) is 0 Å². The van der Waals surface area contributed by atoms with E-state index in [1.54, 1.807) is 52.3 Å². The summed E-state index contributed by atoms with van der Waals surface area (Å²) in [6.07, 6.45) is 25.8. The molecular formula is C42H54Cl2Zr-2. The Bertz CT molecular complexity index is 1420. The molecule has 45 heavy (non-hydrogen) atoms. The van der Waals surface area contributed by atoms with Gasteiger partial charge in [-0.1, -0.05) is 76.9 Å². The Balaban J connectivity index is 0.000000167. The van der Waals surface area contributed by atoms with Gasteiger partial charge in [-0.25, -0.2) is 11.6 Å². The first-order chi connectivity index (χ1) is 20.4. The van der Waals surface area contributed by atoms with Crippen molar-refractivity contribution >= 4 is 24.8 Å². The van der Waals surface area contributed by atoms with Gasteiger partial charge in [0.05, 0.1) is 0 Å². The number of benzene rings is 2. The van der Waals surface area contributed by atoms with Gasteiger partial charge >= 0.3 is 59.5 Å². The minimum atomic E-state index is 0. The molecule has 3 aromatic carbocycles. The molecule has 0 N–H and O–H groups in total. The van der Waals surface area contributed by atoms with Crippen LogP contribution in [0.15, 0.2) is 60.2 Å². The Morgan fingerprint density at radius 1 is 0.711 bits per heavy atom. The molecule has 6 aliphatic rings. The first-order valence-electron chi connectivity index (χ1n) is 17.4. The second kappa shape index (κ2) is 14.7. The second-order valence-electron chi connectivity index (χ2n) is 16.8. The Kier molecular flexibility index (Phi) is 12.1. The molecule has 0 nitrogen and oxygen atoms in total. The van der Waals surface area contributed by atoms with Crippen molar-refractivity contribution in [1.29, 1.82) is 0 Å². The number of hydrogen-bond donors (Lipinski definition) is 0. The zero-order valence-electron chi connectivity index (χ0n) is 28.7. The van der Waals surface area contributed by atoms with Gasteiger partial charge in [-0.2, -0.15) is 6.08 Å². The molecular weight excluding hydrogens is 667 g/mol. The molecule has 242 valence electrons. The van der Waals surface area contributed by atoms with Crippen LogP contribution < -0.4 is 24.8 Å². The average Bonchev–Trinajstić information content (AvgIpc) is 3.61. The zero-order valence-corrected chi connectivity index (χ0v) is 32.6. The minimum absolute atomic E-state index is 0. The predicted molar refractivity (Wildman–Crippen MR) is 184 cm³/mol. The van der Waals surface area contributed by atoms with Gasteiger partial charge in [-0.05, 0) is 72.5 Å². The van der Waals surface area contributed by atoms with Crippen LogP contribution in [0.3, 0.4) is 0 Å². The van der Waals surface area contributed by atoms with Crippen molar-refractivity contribution in [2.75, 3.05) is 0 Å². The summed E-state index contributed by atoms with van der Waals surface area (Å²) >= 11 is 1.69. The summed E-state index contributed by atoms with van der Waals surface area (Å²) in [5.74, 6) is 3.21. The van der Waals surface area contributed by atoms with E-state index in [1.165, 1.54) is 84.0 Å². The van der Waals surface area contributed by atoms with Crippen molar-refractivity contribution in [3.8, 4) is 0 Å². The van der Waals surface area contributed by atoms with E-state index in [-0.39, 0.29) is 35.6 Å². The number of fused-ring (bicyclic) bond motifs is 3. The summed E-state index contributed by atoms with van der Waals surface area (Å²) in [5, 5.41) is 5.48. The molecule has 9 rings (SSSR count). The van der Waals surface area contributed by atoms with Crippen LogP contribution in [0.4, 0.5) is 0 Å². The first kappa shape index (κ1) is 37.0. The molecule has 3 heteroatoms. The summed E-state index contributed by atoms with van der Waals surface area (Å²) < 4.78 is 1.80. The Labute approximate surface area is 301 Å². The number of allylic oxidation sites excluding steroid dienone is 4. The van der Waals surface area contributed by atoms with E-state index in [4.69, 9.17) is 0 Å². The van der Waals surface area contributed by atoms with Crippen LogP contribution >= 0.6 is 0 Å². The summed E-state index contributed by atoms with van der Waals surface area (Å²) in [6, 6.07) is 16.2. The fourth-order valence-electron chi connectivity index (χ4n) is 9.14. The second-order valence-corrected chi connectivity index (χ2v) is 18.5. The van der Waals surface area contributed by atoms with Gasteiger partial charge < -0.3 is 24.8 Å². The van der Waals surface area contributed by atoms with E-state index < -0.39 is 0 Å². The van der Waals surface area contributed by atoms with Crippen LogP contribution in [0.25, 0.3) is 21.5 Å². The average molecular weight is 721 g/mol. The van der Waals surface area contributed by atoms with Crippen LogP contribution in [0.2, 0.25) is 0 Å². The number of halogens is 2. The summed E-state index contributed by atoms with van der Waals surface area (Å²) in [5.41, 5.74) is 5.41. The van der Waals surface area contributed by atoms with E-state index in [1.807, 2.05) is 0 Å². The third-order valence-electron chi connectivity index (χ3n) is 11.2. The molecule has 0 heterocycles. The Morgan fingerprint density at radius 2 is 1.18 bits per heavy atom. The van der Waals surface area contributed by atoms with Crippen molar-refractivity contribution < 1.29 is 49.0 Å². The molecule has 5 saturated carbocycles. The van der Waals surface area contributed by atoms with Crippen molar-refractivity contribution in [1.82, 2.24) is 0 Å².